The summed E-state index contributed by atoms with van der Waals surface area (Å²) in [6.07, 6.45) is 7.87. The highest BCUT2D eigenvalue weighted by Crippen LogP contribution is 2.37. The van der Waals surface area contributed by atoms with Crippen LogP contribution in [-0.4, -0.2) is 6.08 Å². The third-order valence-corrected chi connectivity index (χ3v) is 3.53. The Morgan fingerprint density at radius 3 is 2.62 bits per heavy atom. The van der Waals surface area contributed by atoms with Crippen molar-refractivity contribution >= 4 is 23.4 Å². The maximum absolute atomic E-state index is 10.1. The molecule has 0 spiro atoms. The summed E-state index contributed by atoms with van der Waals surface area (Å²) in [4.78, 5) is 13.7. The zero-order valence-electron chi connectivity index (χ0n) is 9.08. The fraction of sp³-hybridized carbons (Fsp3) is 0.462. The number of carbonyl (C=O) groups excluding carboxylic acids is 1. The lowest BCUT2D eigenvalue weighted by molar-refractivity contribution is 0.444. The van der Waals surface area contributed by atoms with E-state index in [0.29, 0.717) is 11.6 Å². The molecule has 84 valence electrons. The van der Waals surface area contributed by atoms with Crippen LogP contribution in [0.25, 0.3) is 0 Å². The standard InChI is InChI=1S/C13H14ClNO/c14-13-8-11(15-9-16)6-7-12(13)10-4-2-1-3-5-10/h6-8,10H,1-5H2. The van der Waals surface area contributed by atoms with Gasteiger partial charge in [0.1, 0.15) is 0 Å². The van der Waals surface area contributed by atoms with Crippen molar-refractivity contribution in [2.45, 2.75) is 38.0 Å². The molecule has 0 amide bonds. The Kier molecular flexibility index (Phi) is 3.76. The van der Waals surface area contributed by atoms with Gasteiger partial charge in [0.05, 0.1) is 5.69 Å². The highest BCUT2D eigenvalue weighted by atomic mass is 35.5. The molecule has 1 aromatic rings. The van der Waals surface area contributed by atoms with Crippen LogP contribution in [-0.2, 0) is 4.79 Å². The van der Waals surface area contributed by atoms with Gasteiger partial charge in [0, 0.05) is 5.02 Å². The summed E-state index contributed by atoms with van der Waals surface area (Å²) in [5, 5.41) is 0.725. The number of rotatable bonds is 2. The second kappa shape index (κ2) is 5.29. The molecular formula is C13H14ClNO. The van der Waals surface area contributed by atoms with Gasteiger partial charge < -0.3 is 0 Å². The number of hydrogen-bond acceptors (Lipinski definition) is 2. The molecule has 1 saturated carbocycles. The molecule has 0 bridgehead atoms. The molecule has 1 fully saturated rings. The molecule has 1 aromatic carbocycles. The zero-order chi connectivity index (χ0) is 11.4. The quantitative estimate of drug-likeness (QED) is 0.553. The number of isocyanates is 1. The molecule has 2 rings (SSSR count). The Hall–Kier alpha value is -1.11. The monoisotopic (exact) mass is 235 g/mol. The van der Waals surface area contributed by atoms with E-state index in [1.807, 2.05) is 12.1 Å². The molecule has 1 aliphatic carbocycles. The topological polar surface area (TPSA) is 29.4 Å². The van der Waals surface area contributed by atoms with Crippen LogP contribution in [0.2, 0.25) is 5.02 Å². The lowest BCUT2D eigenvalue weighted by Crippen LogP contribution is -2.04. The van der Waals surface area contributed by atoms with Gasteiger partial charge in [0.25, 0.3) is 0 Å². The van der Waals surface area contributed by atoms with Crippen LogP contribution in [0.3, 0.4) is 0 Å². The minimum absolute atomic E-state index is 0.579. The van der Waals surface area contributed by atoms with Gasteiger partial charge in [0.15, 0.2) is 0 Å². The highest BCUT2D eigenvalue weighted by Gasteiger charge is 2.17. The van der Waals surface area contributed by atoms with Crippen molar-refractivity contribution in [2.75, 3.05) is 0 Å². The second-order valence-corrected chi connectivity index (χ2v) is 4.65. The largest absolute Gasteiger partial charge is 0.240 e. The number of aliphatic imine (C=N–C) groups is 1. The molecule has 0 unspecified atom stereocenters. The van der Waals surface area contributed by atoms with Gasteiger partial charge in [-0.2, -0.15) is 4.99 Å². The fourth-order valence-corrected chi connectivity index (χ4v) is 2.71. The van der Waals surface area contributed by atoms with Gasteiger partial charge >= 0.3 is 0 Å². The van der Waals surface area contributed by atoms with Gasteiger partial charge in [-0.3, -0.25) is 0 Å². The van der Waals surface area contributed by atoms with Gasteiger partial charge in [-0.15, -0.1) is 0 Å². The van der Waals surface area contributed by atoms with Crippen molar-refractivity contribution in [3.63, 3.8) is 0 Å². The van der Waals surface area contributed by atoms with Crippen LogP contribution in [0.4, 0.5) is 5.69 Å². The molecule has 2 nitrogen and oxygen atoms in total. The molecule has 0 aromatic heterocycles. The lowest BCUT2D eigenvalue weighted by Gasteiger charge is -2.22. The van der Waals surface area contributed by atoms with E-state index in [1.165, 1.54) is 43.7 Å². The van der Waals surface area contributed by atoms with Crippen LogP contribution < -0.4 is 0 Å². The van der Waals surface area contributed by atoms with E-state index in [0.717, 1.165) is 5.02 Å². The van der Waals surface area contributed by atoms with Crippen molar-refractivity contribution < 1.29 is 4.79 Å². The van der Waals surface area contributed by atoms with E-state index >= 15 is 0 Å². The van der Waals surface area contributed by atoms with E-state index in [4.69, 9.17) is 11.6 Å². The van der Waals surface area contributed by atoms with Gasteiger partial charge in [-0.05, 0) is 36.5 Å². The van der Waals surface area contributed by atoms with E-state index in [2.05, 4.69) is 4.99 Å². The molecule has 3 heteroatoms. The summed E-state index contributed by atoms with van der Waals surface area (Å²) in [6.45, 7) is 0. The van der Waals surface area contributed by atoms with Crippen LogP contribution in [0.15, 0.2) is 23.2 Å². The summed E-state index contributed by atoms with van der Waals surface area (Å²) in [6, 6.07) is 5.58. The van der Waals surface area contributed by atoms with Crippen molar-refractivity contribution in [3.05, 3.63) is 28.8 Å². The predicted octanol–water partition coefficient (Wildman–Crippen LogP) is 4.36. The number of hydrogen-bond donors (Lipinski definition) is 0. The number of nitrogens with zero attached hydrogens (tertiary/aromatic N) is 1. The maximum Gasteiger partial charge on any atom is 0.240 e. The first-order chi connectivity index (χ1) is 7.81. The Bertz CT molecular complexity index is 418. The molecule has 0 radical (unpaired) electrons. The fourth-order valence-electron chi connectivity index (χ4n) is 2.38. The maximum atomic E-state index is 10.1. The van der Waals surface area contributed by atoms with Gasteiger partial charge in [0.2, 0.25) is 6.08 Å². The molecule has 0 aliphatic heterocycles. The summed E-state index contributed by atoms with van der Waals surface area (Å²) in [5.41, 5.74) is 1.78. The van der Waals surface area contributed by atoms with Crippen LogP contribution >= 0.6 is 11.6 Å². The molecule has 1 aliphatic rings. The summed E-state index contributed by atoms with van der Waals surface area (Å²) < 4.78 is 0. The van der Waals surface area contributed by atoms with Crippen molar-refractivity contribution in [2.24, 2.45) is 4.99 Å². The van der Waals surface area contributed by atoms with Crippen LogP contribution in [0.5, 0.6) is 0 Å². The predicted molar refractivity (Wildman–Crippen MR) is 65.1 cm³/mol. The second-order valence-electron chi connectivity index (χ2n) is 4.24. The van der Waals surface area contributed by atoms with Crippen molar-refractivity contribution in [3.8, 4) is 0 Å². The Morgan fingerprint density at radius 2 is 2.00 bits per heavy atom. The minimum Gasteiger partial charge on any atom is -0.211 e. The minimum atomic E-state index is 0.579. The Labute approximate surface area is 100 Å². The molecular weight excluding hydrogens is 222 g/mol. The van der Waals surface area contributed by atoms with Crippen molar-refractivity contribution in [1.82, 2.24) is 0 Å². The van der Waals surface area contributed by atoms with Crippen LogP contribution in [0.1, 0.15) is 43.6 Å². The van der Waals surface area contributed by atoms with E-state index in [9.17, 15) is 4.79 Å². The molecule has 0 heterocycles. The van der Waals surface area contributed by atoms with Crippen molar-refractivity contribution in [1.29, 1.82) is 0 Å². The Balaban J connectivity index is 2.24. The van der Waals surface area contributed by atoms with Gasteiger partial charge in [-0.25, -0.2) is 4.79 Å². The molecule has 0 atom stereocenters. The summed E-state index contributed by atoms with van der Waals surface area (Å²) in [7, 11) is 0. The number of halogens is 1. The average molecular weight is 236 g/mol. The smallest absolute Gasteiger partial charge is 0.211 e. The third-order valence-electron chi connectivity index (χ3n) is 3.20. The summed E-state index contributed by atoms with van der Waals surface area (Å²) >= 11 is 6.21. The van der Waals surface area contributed by atoms with Crippen LogP contribution in [0, 0.1) is 0 Å². The first-order valence-electron chi connectivity index (χ1n) is 5.68. The number of benzene rings is 1. The van der Waals surface area contributed by atoms with E-state index in [-0.39, 0.29) is 0 Å². The average Bonchev–Trinajstić information content (AvgIpc) is 2.31. The first kappa shape index (κ1) is 11.4. The van der Waals surface area contributed by atoms with E-state index in [1.54, 1.807) is 6.07 Å². The molecule has 16 heavy (non-hydrogen) atoms. The van der Waals surface area contributed by atoms with E-state index < -0.39 is 0 Å². The zero-order valence-corrected chi connectivity index (χ0v) is 9.83. The SMILES string of the molecule is O=C=Nc1ccc(C2CCCCC2)c(Cl)c1. The first-order valence-corrected chi connectivity index (χ1v) is 6.06. The highest BCUT2D eigenvalue weighted by molar-refractivity contribution is 6.31. The molecule has 0 saturated heterocycles. The third kappa shape index (κ3) is 2.52. The summed E-state index contributed by atoms with van der Waals surface area (Å²) in [5.74, 6) is 0.579. The normalized spacial score (nSPS) is 16.8. The lowest BCUT2D eigenvalue weighted by atomic mass is 9.84. The van der Waals surface area contributed by atoms with Gasteiger partial charge in [-0.1, -0.05) is 36.9 Å². The molecule has 0 N–H and O–H groups in total. The Morgan fingerprint density at radius 1 is 1.25 bits per heavy atom.